The molecule has 3 nitrogen and oxygen atoms in total. The van der Waals surface area contributed by atoms with Gasteiger partial charge in [-0.05, 0) is 29.1 Å². The van der Waals surface area contributed by atoms with Crippen LogP contribution in [0.1, 0.15) is 11.6 Å². The highest BCUT2D eigenvalue weighted by Crippen LogP contribution is 2.28. The minimum atomic E-state index is 0.0984. The molecule has 2 aromatic carbocycles. The van der Waals surface area contributed by atoms with E-state index in [1.807, 2.05) is 24.5 Å². The van der Waals surface area contributed by atoms with Crippen molar-refractivity contribution in [2.24, 2.45) is 5.84 Å². The number of nitrogens with zero attached hydrogens (tertiary/aromatic N) is 1. The van der Waals surface area contributed by atoms with Gasteiger partial charge in [0.2, 0.25) is 0 Å². The van der Waals surface area contributed by atoms with Crippen molar-refractivity contribution in [3.8, 4) is 0 Å². The molecule has 0 amide bonds. The maximum Gasteiger partial charge on any atom is 0.0560 e. The summed E-state index contributed by atoms with van der Waals surface area (Å²) in [6, 6.07) is 18.8. The molecule has 106 valence electrons. The Balaban J connectivity index is 1.85. The van der Waals surface area contributed by atoms with E-state index in [9.17, 15) is 0 Å². The SMILES string of the molecule is NNC(CSc1ccccc1)c1cccc2cnccc12. The van der Waals surface area contributed by atoms with Crippen LogP contribution in [0.15, 0.2) is 71.9 Å². The second kappa shape index (κ2) is 6.72. The molecular weight excluding hydrogens is 278 g/mol. The van der Waals surface area contributed by atoms with Gasteiger partial charge >= 0.3 is 0 Å². The minimum Gasteiger partial charge on any atom is -0.271 e. The molecule has 3 rings (SSSR count). The average molecular weight is 295 g/mol. The van der Waals surface area contributed by atoms with Crippen LogP contribution >= 0.6 is 11.8 Å². The molecule has 3 aromatic rings. The molecule has 0 radical (unpaired) electrons. The Labute approximate surface area is 128 Å². The zero-order valence-corrected chi connectivity index (χ0v) is 12.4. The van der Waals surface area contributed by atoms with Gasteiger partial charge in [-0.2, -0.15) is 0 Å². The van der Waals surface area contributed by atoms with Crippen LogP contribution in [-0.2, 0) is 0 Å². The molecular formula is C17H17N3S. The van der Waals surface area contributed by atoms with Gasteiger partial charge in [-0.1, -0.05) is 36.4 Å². The molecule has 1 aromatic heterocycles. The number of thioether (sulfide) groups is 1. The van der Waals surface area contributed by atoms with Crippen LogP contribution in [0.2, 0.25) is 0 Å². The lowest BCUT2D eigenvalue weighted by molar-refractivity contribution is 0.615. The topological polar surface area (TPSA) is 50.9 Å². The monoisotopic (exact) mass is 295 g/mol. The van der Waals surface area contributed by atoms with E-state index in [-0.39, 0.29) is 6.04 Å². The van der Waals surface area contributed by atoms with E-state index in [0.29, 0.717) is 0 Å². The first-order valence-electron chi connectivity index (χ1n) is 6.85. The number of benzene rings is 2. The number of hydrogen-bond donors (Lipinski definition) is 2. The van der Waals surface area contributed by atoms with Crippen LogP contribution in [0.5, 0.6) is 0 Å². The molecule has 1 unspecified atom stereocenters. The fourth-order valence-corrected chi connectivity index (χ4v) is 3.36. The van der Waals surface area contributed by atoms with Crippen molar-refractivity contribution >= 4 is 22.5 Å². The summed E-state index contributed by atoms with van der Waals surface area (Å²) in [6.45, 7) is 0. The maximum absolute atomic E-state index is 5.78. The van der Waals surface area contributed by atoms with Gasteiger partial charge in [0.25, 0.3) is 0 Å². The van der Waals surface area contributed by atoms with Gasteiger partial charge in [-0.3, -0.25) is 16.3 Å². The summed E-state index contributed by atoms with van der Waals surface area (Å²) < 4.78 is 0. The molecule has 3 N–H and O–H groups in total. The van der Waals surface area contributed by atoms with Crippen LogP contribution in [0, 0.1) is 0 Å². The molecule has 0 aliphatic heterocycles. The van der Waals surface area contributed by atoms with Crippen LogP contribution < -0.4 is 11.3 Å². The first-order valence-corrected chi connectivity index (χ1v) is 7.83. The number of aromatic nitrogens is 1. The predicted molar refractivity (Wildman–Crippen MR) is 89.0 cm³/mol. The summed E-state index contributed by atoms with van der Waals surface area (Å²) in [7, 11) is 0. The molecule has 0 saturated carbocycles. The van der Waals surface area contributed by atoms with Gasteiger partial charge in [0, 0.05) is 28.4 Å². The average Bonchev–Trinajstić information content (AvgIpc) is 2.56. The first kappa shape index (κ1) is 14.1. The molecule has 0 aliphatic rings. The van der Waals surface area contributed by atoms with E-state index in [0.717, 1.165) is 11.1 Å². The van der Waals surface area contributed by atoms with E-state index in [1.54, 1.807) is 11.8 Å². The smallest absolute Gasteiger partial charge is 0.0560 e. The largest absolute Gasteiger partial charge is 0.271 e. The molecule has 0 spiro atoms. The Morgan fingerprint density at radius 3 is 2.71 bits per heavy atom. The summed E-state index contributed by atoms with van der Waals surface area (Å²) in [5, 5.41) is 2.34. The van der Waals surface area contributed by atoms with Crippen LogP contribution in [0.3, 0.4) is 0 Å². The van der Waals surface area contributed by atoms with Crippen molar-refractivity contribution in [1.82, 2.24) is 10.4 Å². The zero-order valence-electron chi connectivity index (χ0n) is 11.6. The van der Waals surface area contributed by atoms with E-state index in [2.05, 4.69) is 52.9 Å². The third-order valence-corrected chi connectivity index (χ3v) is 4.56. The zero-order chi connectivity index (χ0) is 14.5. The van der Waals surface area contributed by atoms with Gasteiger partial charge in [0.1, 0.15) is 0 Å². The normalized spacial score (nSPS) is 12.4. The van der Waals surface area contributed by atoms with Crippen molar-refractivity contribution in [3.05, 3.63) is 72.6 Å². The number of nitrogens with two attached hydrogens (primary N) is 1. The number of hydrogen-bond acceptors (Lipinski definition) is 4. The molecule has 0 saturated heterocycles. The molecule has 0 aliphatic carbocycles. The van der Waals surface area contributed by atoms with E-state index < -0.39 is 0 Å². The molecule has 1 heterocycles. The Morgan fingerprint density at radius 2 is 1.90 bits per heavy atom. The summed E-state index contributed by atoms with van der Waals surface area (Å²) in [4.78, 5) is 5.43. The quantitative estimate of drug-likeness (QED) is 0.429. The fourth-order valence-electron chi connectivity index (χ4n) is 2.38. The van der Waals surface area contributed by atoms with Gasteiger partial charge in [-0.15, -0.1) is 11.8 Å². The standard InChI is InChI=1S/C17H17N3S/c18-20-17(12-21-14-6-2-1-3-7-14)16-8-4-5-13-11-19-10-9-15(13)16/h1-11,17,20H,12,18H2. The van der Waals surface area contributed by atoms with Gasteiger partial charge < -0.3 is 0 Å². The third kappa shape index (κ3) is 3.24. The number of hydrazine groups is 1. The Morgan fingerprint density at radius 1 is 1.05 bits per heavy atom. The van der Waals surface area contributed by atoms with Gasteiger partial charge in [0.05, 0.1) is 6.04 Å². The highest BCUT2D eigenvalue weighted by molar-refractivity contribution is 7.99. The van der Waals surface area contributed by atoms with E-state index in [1.165, 1.54) is 15.8 Å². The maximum atomic E-state index is 5.78. The lowest BCUT2D eigenvalue weighted by Gasteiger charge is -2.18. The lowest BCUT2D eigenvalue weighted by Crippen LogP contribution is -2.29. The molecule has 4 heteroatoms. The van der Waals surface area contributed by atoms with Crippen molar-refractivity contribution in [1.29, 1.82) is 0 Å². The summed E-state index contributed by atoms with van der Waals surface area (Å²) in [5.74, 6) is 6.66. The summed E-state index contributed by atoms with van der Waals surface area (Å²) >= 11 is 1.80. The second-order valence-corrected chi connectivity index (χ2v) is 5.88. The fraction of sp³-hybridized carbons (Fsp3) is 0.118. The van der Waals surface area contributed by atoms with E-state index in [4.69, 9.17) is 5.84 Å². The van der Waals surface area contributed by atoms with Gasteiger partial charge in [0.15, 0.2) is 0 Å². The molecule has 1 atom stereocenters. The van der Waals surface area contributed by atoms with E-state index >= 15 is 0 Å². The highest BCUT2D eigenvalue weighted by Gasteiger charge is 2.13. The van der Waals surface area contributed by atoms with Crippen molar-refractivity contribution < 1.29 is 0 Å². The third-order valence-electron chi connectivity index (χ3n) is 3.45. The van der Waals surface area contributed by atoms with Crippen molar-refractivity contribution in [2.75, 3.05) is 5.75 Å². The van der Waals surface area contributed by atoms with Crippen LogP contribution in [-0.4, -0.2) is 10.7 Å². The molecule has 0 bridgehead atoms. The summed E-state index contributed by atoms with van der Waals surface area (Å²) in [5.41, 5.74) is 4.15. The van der Waals surface area contributed by atoms with Crippen molar-refractivity contribution in [2.45, 2.75) is 10.9 Å². The lowest BCUT2D eigenvalue weighted by atomic mass is 10.0. The Kier molecular flexibility index (Phi) is 4.50. The summed E-state index contributed by atoms with van der Waals surface area (Å²) in [6.07, 6.45) is 3.71. The molecule has 0 fully saturated rings. The number of pyridine rings is 1. The van der Waals surface area contributed by atoms with Gasteiger partial charge in [-0.25, -0.2) is 0 Å². The van der Waals surface area contributed by atoms with Crippen LogP contribution in [0.4, 0.5) is 0 Å². The second-order valence-electron chi connectivity index (χ2n) is 4.79. The minimum absolute atomic E-state index is 0.0984. The predicted octanol–water partition coefficient (Wildman–Crippen LogP) is 3.53. The Hall–Kier alpha value is -1.88. The highest BCUT2D eigenvalue weighted by atomic mass is 32.2. The number of nitrogens with one attached hydrogen (secondary N) is 1. The first-order chi connectivity index (χ1) is 10.4. The number of fused-ring (bicyclic) bond motifs is 1. The molecule has 21 heavy (non-hydrogen) atoms. The van der Waals surface area contributed by atoms with Crippen LogP contribution in [0.25, 0.3) is 10.8 Å². The number of rotatable bonds is 5. The van der Waals surface area contributed by atoms with Crippen molar-refractivity contribution in [3.63, 3.8) is 0 Å². The Bertz CT molecular complexity index is 710.